The first-order valence-corrected chi connectivity index (χ1v) is 7.76. The van der Waals surface area contributed by atoms with Gasteiger partial charge in [0.1, 0.15) is 18.1 Å². The summed E-state index contributed by atoms with van der Waals surface area (Å²) in [5.74, 6) is 2.92. The first-order valence-electron chi connectivity index (χ1n) is 7.76. The highest BCUT2D eigenvalue weighted by Crippen LogP contribution is 2.32. The van der Waals surface area contributed by atoms with Crippen molar-refractivity contribution in [2.75, 3.05) is 39.9 Å². The molecule has 0 spiro atoms. The lowest BCUT2D eigenvalue weighted by Crippen LogP contribution is -2.34. The summed E-state index contributed by atoms with van der Waals surface area (Å²) in [4.78, 5) is 14.7. The van der Waals surface area contributed by atoms with Crippen molar-refractivity contribution >= 4 is 12.0 Å². The van der Waals surface area contributed by atoms with Crippen LogP contribution in [-0.4, -0.2) is 50.7 Å². The monoisotopic (exact) mass is 300 g/mol. The molecule has 22 heavy (non-hydrogen) atoms. The number of benzene rings is 1. The maximum absolute atomic E-state index is 12.7. The molecule has 1 aromatic carbocycles. The standard InChI is InChI=1S/C17H20N2O3/c1-21-15-2-3-16-11(5-15)4-12(10-22-16)17(20)19-8-13-6-18-7-14(13)9-19/h2-5,13-14,18H,6-10H2,1H3/t13-,14+. The quantitative estimate of drug-likeness (QED) is 0.890. The summed E-state index contributed by atoms with van der Waals surface area (Å²) in [5, 5.41) is 3.40. The Morgan fingerprint density at radius 3 is 2.82 bits per heavy atom. The number of nitrogens with one attached hydrogen (secondary N) is 1. The minimum Gasteiger partial charge on any atom is -0.497 e. The summed E-state index contributed by atoms with van der Waals surface area (Å²) in [6.45, 7) is 4.13. The number of ether oxygens (including phenoxy) is 2. The molecule has 4 rings (SSSR count). The average Bonchev–Trinajstić information content (AvgIpc) is 3.14. The molecule has 0 saturated carbocycles. The van der Waals surface area contributed by atoms with Crippen molar-refractivity contribution in [3.63, 3.8) is 0 Å². The summed E-state index contributed by atoms with van der Waals surface area (Å²) >= 11 is 0. The summed E-state index contributed by atoms with van der Waals surface area (Å²) in [5.41, 5.74) is 1.64. The molecule has 5 heteroatoms. The van der Waals surface area contributed by atoms with Crippen LogP contribution in [-0.2, 0) is 4.79 Å². The van der Waals surface area contributed by atoms with Gasteiger partial charge in [0.2, 0.25) is 0 Å². The number of carbonyl (C=O) groups excluding carboxylic acids is 1. The molecular weight excluding hydrogens is 280 g/mol. The maximum Gasteiger partial charge on any atom is 0.253 e. The van der Waals surface area contributed by atoms with Gasteiger partial charge in [-0.05, 0) is 36.1 Å². The Hall–Kier alpha value is -2.01. The number of likely N-dealkylation sites (tertiary alicyclic amines) is 1. The summed E-state index contributed by atoms with van der Waals surface area (Å²) in [6, 6.07) is 5.66. The van der Waals surface area contributed by atoms with Crippen LogP contribution in [0.3, 0.4) is 0 Å². The van der Waals surface area contributed by atoms with Crippen LogP contribution >= 0.6 is 0 Å². The van der Waals surface area contributed by atoms with E-state index in [0.717, 1.165) is 48.8 Å². The first kappa shape index (κ1) is 13.6. The average molecular weight is 300 g/mol. The fraction of sp³-hybridized carbons (Fsp3) is 0.471. The zero-order valence-corrected chi connectivity index (χ0v) is 12.7. The fourth-order valence-electron chi connectivity index (χ4n) is 3.63. The molecule has 116 valence electrons. The molecule has 1 N–H and O–H groups in total. The Morgan fingerprint density at radius 1 is 1.32 bits per heavy atom. The second-order valence-electron chi connectivity index (χ2n) is 6.25. The lowest BCUT2D eigenvalue weighted by atomic mass is 10.0. The van der Waals surface area contributed by atoms with Gasteiger partial charge in [-0.2, -0.15) is 0 Å². The zero-order chi connectivity index (χ0) is 15.1. The van der Waals surface area contributed by atoms with E-state index in [-0.39, 0.29) is 5.91 Å². The van der Waals surface area contributed by atoms with Crippen LogP contribution in [0, 0.1) is 11.8 Å². The van der Waals surface area contributed by atoms with Crippen LogP contribution in [0.5, 0.6) is 11.5 Å². The normalized spacial score (nSPS) is 26.0. The Labute approximate surface area is 129 Å². The molecule has 1 amide bonds. The van der Waals surface area contributed by atoms with Crippen molar-refractivity contribution in [3.8, 4) is 11.5 Å². The second-order valence-corrected chi connectivity index (χ2v) is 6.25. The number of fused-ring (bicyclic) bond motifs is 2. The molecule has 1 aromatic rings. The molecule has 3 aliphatic rings. The van der Waals surface area contributed by atoms with Gasteiger partial charge >= 0.3 is 0 Å². The molecule has 0 unspecified atom stereocenters. The Bertz CT molecular complexity index is 629. The molecule has 3 heterocycles. The van der Waals surface area contributed by atoms with Crippen LogP contribution in [0.2, 0.25) is 0 Å². The summed E-state index contributed by atoms with van der Waals surface area (Å²) in [6.07, 6.45) is 1.94. The fourth-order valence-corrected chi connectivity index (χ4v) is 3.63. The van der Waals surface area contributed by atoms with Gasteiger partial charge in [0.25, 0.3) is 5.91 Å². The van der Waals surface area contributed by atoms with Crippen LogP contribution in [0.25, 0.3) is 6.08 Å². The minimum absolute atomic E-state index is 0.114. The highest BCUT2D eigenvalue weighted by Gasteiger charge is 2.39. The number of rotatable bonds is 2. The van der Waals surface area contributed by atoms with Gasteiger partial charge in [0.15, 0.2) is 0 Å². The van der Waals surface area contributed by atoms with Crippen LogP contribution in [0.15, 0.2) is 23.8 Å². The number of hydrogen-bond donors (Lipinski definition) is 1. The van der Waals surface area contributed by atoms with E-state index in [9.17, 15) is 4.79 Å². The molecule has 0 radical (unpaired) electrons. The SMILES string of the molecule is COc1ccc2c(c1)C=C(C(=O)N1C[C@H]3CNC[C@H]3C1)CO2. The predicted molar refractivity (Wildman–Crippen MR) is 82.9 cm³/mol. The van der Waals surface area contributed by atoms with Gasteiger partial charge in [0.05, 0.1) is 12.7 Å². The number of carbonyl (C=O) groups is 1. The van der Waals surface area contributed by atoms with Crippen molar-refractivity contribution < 1.29 is 14.3 Å². The van der Waals surface area contributed by atoms with Crippen LogP contribution in [0.1, 0.15) is 5.56 Å². The number of nitrogens with zero attached hydrogens (tertiary/aromatic N) is 1. The van der Waals surface area contributed by atoms with E-state index in [1.165, 1.54) is 0 Å². The van der Waals surface area contributed by atoms with Gasteiger partial charge in [-0.25, -0.2) is 0 Å². The van der Waals surface area contributed by atoms with Gasteiger partial charge in [-0.15, -0.1) is 0 Å². The highest BCUT2D eigenvalue weighted by molar-refractivity contribution is 5.99. The minimum atomic E-state index is 0.114. The molecule has 3 aliphatic heterocycles. The lowest BCUT2D eigenvalue weighted by Gasteiger charge is -2.23. The highest BCUT2D eigenvalue weighted by atomic mass is 16.5. The van der Waals surface area contributed by atoms with Crippen molar-refractivity contribution in [3.05, 3.63) is 29.3 Å². The van der Waals surface area contributed by atoms with Crippen molar-refractivity contribution in [1.29, 1.82) is 0 Å². The van der Waals surface area contributed by atoms with Gasteiger partial charge < -0.3 is 19.7 Å². The van der Waals surface area contributed by atoms with Crippen molar-refractivity contribution in [2.24, 2.45) is 11.8 Å². The predicted octanol–water partition coefficient (Wildman–Crippen LogP) is 1.15. The number of methoxy groups -OCH3 is 1. The molecule has 2 fully saturated rings. The van der Waals surface area contributed by atoms with E-state index in [2.05, 4.69) is 5.32 Å². The largest absolute Gasteiger partial charge is 0.497 e. The molecule has 0 aliphatic carbocycles. The molecule has 2 saturated heterocycles. The molecular formula is C17H20N2O3. The Balaban J connectivity index is 1.55. The van der Waals surface area contributed by atoms with Gasteiger partial charge in [0, 0.05) is 31.7 Å². The van der Waals surface area contributed by atoms with E-state index in [1.807, 2.05) is 29.2 Å². The van der Waals surface area contributed by atoms with Crippen molar-refractivity contribution in [1.82, 2.24) is 10.2 Å². The topological polar surface area (TPSA) is 50.8 Å². The lowest BCUT2D eigenvalue weighted by molar-refractivity contribution is -0.126. The van der Waals surface area contributed by atoms with E-state index in [1.54, 1.807) is 7.11 Å². The summed E-state index contributed by atoms with van der Waals surface area (Å²) in [7, 11) is 1.64. The smallest absolute Gasteiger partial charge is 0.253 e. The number of amides is 1. The van der Waals surface area contributed by atoms with Gasteiger partial charge in [-0.3, -0.25) is 4.79 Å². The van der Waals surface area contributed by atoms with E-state index < -0.39 is 0 Å². The van der Waals surface area contributed by atoms with Crippen LogP contribution < -0.4 is 14.8 Å². The van der Waals surface area contributed by atoms with E-state index >= 15 is 0 Å². The third kappa shape index (κ3) is 2.25. The molecule has 0 bridgehead atoms. The third-order valence-corrected chi connectivity index (χ3v) is 4.88. The third-order valence-electron chi connectivity index (χ3n) is 4.88. The molecule has 0 aromatic heterocycles. The van der Waals surface area contributed by atoms with Crippen LogP contribution in [0.4, 0.5) is 0 Å². The Morgan fingerprint density at radius 2 is 2.09 bits per heavy atom. The van der Waals surface area contributed by atoms with E-state index in [4.69, 9.17) is 9.47 Å². The maximum atomic E-state index is 12.7. The first-order chi connectivity index (χ1) is 10.7. The summed E-state index contributed by atoms with van der Waals surface area (Å²) < 4.78 is 11.0. The molecule has 2 atom stereocenters. The number of hydrogen-bond acceptors (Lipinski definition) is 4. The van der Waals surface area contributed by atoms with Gasteiger partial charge in [-0.1, -0.05) is 0 Å². The zero-order valence-electron chi connectivity index (χ0n) is 12.7. The molecule has 5 nitrogen and oxygen atoms in total. The van der Waals surface area contributed by atoms with Crippen molar-refractivity contribution in [2.45, 2.75) is 0 Å². The Kier molecular flexibility index (Phi) is 3.30. The second kappa shape index (κ2) is 5.32. The van der Waals surface area contributed by atoms with E-state index in [0.29, 0.717) is 18.4 Å².